The third-order valence-electron chi connectivity index (χ3n) is 4.22. The lowest BCUT2D eigenvalue weighted by Crippen LogP contribution is -2.33. The van der Waals surface area contributed by atoms with Gasteiger partial charge in [0.05, 0.1) is 24.0 Å². The van der Waals surface area contributed by atoms with Crippen molar-refractivity contribution in [1.29, 1.82) is 0 Å². The predicted molar refractivity (Wildman–Crippen MR) is 94.6 cm³/mol. The molecule has 0 radical (unpaired) electrons. The Bertz CT molecular complexity index is 745. The van der Waals surface area contributed by atoms with E-state index in [2.05, 4.69) is 20.2 Å². The average molecular weight is 382 g/mol. The maximum Gasteiger partial charge on any atom is 0.416 e. The molecule has 1 heterocycles. The number of halogens is 3. The van der Waals surface area contributed by atoms with Gasteiger partial charge >= 0.3 is 12.1 Å². The summed E-state index contributed by atoms with van der Waals surface area (Å²) in [6.45, 7) is 5.76. The van der Waals surface area contributed by atoms with E-state index >= 15 is 0 Å². The number of anilines is 1. The van der Waals surface area contributed by atoms with Gasteiger partial charge in [0.15, 0.2) is 5.69 Å². The summed E-state index contributed by atoms with van der Waals surface area (Å²) >= 11 is 0. The van der Waals surface area contributed by atoms with Gasteiger partial charge in [-0.15, -0.1) is 0 Å². The quantitative estimate of drug-likeness (QED) is 0.725. The van der Waals surface area contributed by atoms with Gasteiger partial charge in [-0.25, -0.2) is 14.8 Å². The fourth-order valence-corrected chi connectivity index (χ4v) is 2.75. The van der Waals surface area contributed by atoms with Crippen LogP contribution in [0.15, 0.2) is 36.7 Å². The van der Waals surface area contributed by atoms with Gasteiger partial charge in [-0.05, 0) is 30.8 Å². The molecule has 0 fully saturated rings. The predicted octanol–water partition coefficient (Wildman–Crippen LogP) is 3.69. The smallest absolute Gasteiger partial charge is 0.416 e. The third-order valence-corrected chi connectivity index (χ3v) is 4.22. The number of aromatic carboxylic acids is 1. The minimum Gasteiger partial charge on any atom is -0.476 e. The van der Waals surface area contributed by atoms with Crippen LogP contribution in [-0.2, 0) is 6.18 Å². The summed E-state index contributed by atoms with van der Waals surface area (Å²) in [5, 5.41) is 11.9. The molecule has 0 spiro atoms. The van der Waals surface area contributed by atoms with Crippen molar-refractivity contribution in [2.75, 3.05) is 25.0 Å². The van der Waals surface area contributed by atoms with Crippen LogP contribution in [0, 0.1) is 0 Å². The lowest BCUT2D eigenvalue weighted by atomic mass is 10.0. The van der Waals surface area contributed by atoms with Gasteiger partial charge in [0.2, 0.25) is 0 Å². The van der Waals surface area contributed by atoms with Crippen molar-refractivity contribution < 1.29 is 23.1 Å². The number of hydrogen-bond acceptors (Lipinski definition) is 5. The van der Waals surface area contributed by atoms with Crippen molar-refractivity contribution in [3.05, 3.63) is 53.5 Å². The molecule has 2 rings (SSSR count). The molecule has 9 heteroatoms. The Hall–Kier alpha value is -2.68. The molecule has 1 aromatic carbocycles. The molecule has 0 aliphatic carbocycles. The van der Waals surface area contributed by atoms with Crippen LogP contribution in [0.2, 0.25) is 0 Å². The van der Waals surface area contributed by atoms with E-state index in [1.807, 2.05) is 13.8 Å². The number of rotatable bonds is 8. The molecule has 0 bridgehead atoms. The summed E-state index contributed by atoms with van der Waals surface area (Å²) in [5.41, 5.74) is -0.106. The number of likely N-dealkylation sites (N-methyl/N-ethyl adjacent to an activating group) is 1. The number of nitrogens with zero attached hydrogens (tertiary/aromatic N) is 3. The Morgan fingerprint density at radius 2 is 1.78 bits per heavy atom. The molecule has 0 aliphatic rings. The Kier molecular flexibility index (Phi) is 6.73. The fourth-order valence-electron chi connectivity index (χ4n) is 2.75. The van der Waals surface area contributed by atoms with Crippen LogP contribution in [-0.4, -0.2) is 45.6 Å². The molecule has 2 aromatic rings. The number of aromatic nitrogens is 2. The number of carboxylic acid groups (broad SMARTS) is 1. The topological polar surface area (TPSA) is 78.4 Å². The highest BCUT2D eigenvalue weighted by Crippen LogP contribution is 2.31. The van der Waals surface area contributed by atoms with Gasteiger partial charge in [0.1, 0.15) is 5.82 Å². The normalized spacial score (nSPS) is 12.8. The highest BCUT2D eigenvalue weighted by Gasteiger charge is 2.30. The molecule has 0 saturated carbocycles. The summed E-state index contributed by atoms with van der Waals surface area (Å²) in [4.78, 5) is 20.7. The number of carboxylic acids is 1. The maximum atomic E-state index is 12.8. The van der Waals surface area contributed by atoms with Crippen LogP contribution < -0.4 is 5.32 Å². The Morgan fingerprint density at radius 1 is 1.15 bits per heavy atom. The molecule has 0 aliphatic heterocycles. The van der Waals surface area contributed by atoms with Crippen molar-refractivity contribution in [3.63, 3.8) is 0 Å². The highest BCUT2D eigenvalue weighted by molar-refractivity contribution is 5.84. The first kappa shape index (κ1) is 20.6. The zero-order valence-corrected chi connectivity index (χ0v) is 15.0. The molecule has 0 amide bonds. The van der Waals surface area contributed by atoms with Gasteiger partial charge in [-0.3, -0.25) is 4.90 Å². The second-order valence-corrected chi connectivity index (χ2v) is 5.83. The van der Waals surface area contributed by atoms with E-state index in [9.17, 15) is 18.0 Å². The number of alkyl halides is 3. The lowest BCUT2D eigenvalue weighted by molar-refractivity contribution is -0.137. The molecule has 1 atom stereocenters. The number of hydrogen-bond donors (Lipinski definition) is 2. The first-order chi connectivity index (χ1) is 12.8. The summed E-state index contributed by atoms with van der Waals surface area (Å²) in [6, 6.07) is 4.93. The summed E-state index contributed by atoms with van der Waals surface area (Å²) in [6.07, 6.45) is -1.91. The molecular weight excluding hydrogens is 361 g/mol. The van der Waals surface area contributed by atoms with E-state index in [-0.39, 0.29) is 11.7 Å². The summed E-state index contributed by atoms with van der Waals surface area (Å²) < 4.78 is 38.4. The van der Waals surface area contributed by atoms with Crippen molar-refractivity contribution in [3.8, 4) is 0 Å². The zero-order valence-electron chi connectivity index (χ0n) is 15.0. The zero-order chi connectivity index (χ0) is 20.0. The van der Waals surface area contributed by atoms with Crippen molar-refractivity contribution in [1.82, 2.24) is 14.9 Å². The lowest BCUT2D eigenvalue weighted by Gasteiger charge is -2.30. The summed E-state index contributed by atoms with van der Waals surface area (Å²) in [7, 11) is 0. The van der Waals surface area contributed by atoms with E-state index in [0.29, 0.717) is 25.5 Å². The van der Waals surface area contributed by atoms with Crippen LogP contribution in [0.5, 0.6) is 0 Å². The standard InChI is InChI=1S/C18H21F3N4O2/c1-3-25(4-2)15(12-5-7-13(8-6-12)18(19,20)21)10-24-16-11-22-14(9-23-16)17(26)27/h5-9,11,15H,3-4,10H2,1-2H3,(H,23,24)(H,26,27). The van der Waals surface area contributed by atoms with E-state index in [1.165, 1.54) is 18.3 Å². The first-order valence-electron chi connectivity index (χ1n) is 8.46. The van der Waals surface area contributed by atoms with Gasteiger partial charge in [0, 0.05) is 6.54 Å². The Morgan fingerprint density at radius 3 is 2.22 bits per heavy atom. The molecular formula is C18H21F3N4O2. The van der Waals surface area contributed by atoms with Gasteiger partial charge in [0.25, 0.3) is 0 Å². The third kappa shape index (κ3) is 5.40. The second kappa shape index (κ2) is 8.81. The van der Waals surface area contributed by atoms with Crippen LogP contribution in [0.3, 0.4) is 0 Å². The van der Waals surface area contributed by atoms with E-state index in [0.717, 1.165) is 23.9 Å². The minimum absolute atomic E-state index is 0.163. The molecule has 6 nitrogen and oxygen atoms in total. The molecule has 146 valence electrons. The van der Waals surface area contributed by atoms with Crippen LogP contribution in [0.1, 0.15) is 41.5 Å². The van der Waals surface area contributed by atoms with Crippen LogP contribution in [0.25, 0.3) is 0 Å². The average Bonchev–Trinajstić information content (AvgIpc) is 2.65. The molecule has 2 N–H and O–H groups in total. The molecule has 0 saturated heterocycles. The Balaban J connectivity index is 2.18. The van der Waals surface area contributed by atoms with Crippen molar-refractivity contribution >= 4 is 11.8 Å². The SMILES string of the molecule is CCN(CC)C(CNc1cnc(C(=O)O)cn1)c1ccc(C(F)(F)F)cc1. The second-order valence-electron chi connectivity index (χ2n) is 5.83. The number of carbonyl (C=O) groups is 1. The van der Waals surface area contributed by atoms with E-state index < -0.39 is 17.7 Å². The molecule has 1 unspecified atom stereocenters. The van der Waals surface area contributed by atoms with Crippen molar-refractivity contribution in [2.45, 2.75) is 26.1 Å². The maximum absolute atomic E-state index is 12.8. The Labute approximate surface area is 155 Å². The van der Waals surface area contributed by atoms with E-state index in [4.69, 9.17) is 5.11 Å². The van der Waals surface area contributed by atoms with Gasteiger partial charge < -0.3 is 10.4 Å². The highest BCUT2D eigenvalue weighted by atomic mass is 19.4. The van der Waals surface area contributed by atoms with Crippen LogP contribution in [0.4, 0.5) is 19.0 Å². The number of nitrogens with one attached hydrogen (secondary N) is 1. The fraction of sp³-hybridized carbons (Fsp3) is 0.389. The van der Waals surface area contributed by atoms with Gasteiger partial charge in [-0.1, -0.05) is 26.0 Å². The largest absolute Gasteiger partial charge is 0.476 e. The monoisotopic (exact) mass is 382 g/mol. The molecule has 1 aromatic heterocycles. The number of benzene rings is 1. The van der Waals surface area contributed by atoms with E-state index in [1.54, 1.807) is 0 Å². The van der Waals surface area contributed by atoms with Crippen LogP contribution >= 0.6 is 0 Å². The minimum atomic E-state index is -4.37. The van der Waals surface area contributed by atoms with Gasteiger partial charge in [-0.2, -0.15) is 13.2 Å². The first-order valence-corrected chi connectivity index (χ1v) is 8.46. The van der Waals surface area contributed by atoms with Crippen molar-refractivity contribution in [2.24, 2.45) is 0 Å². The molecule has 27 heavy (non-hydrogen) atoms. The summed E-state index contributed by atoms with van der Waals surface area (Å²) in [5.74, 6) is -0.774.